The van der Waals surface area contributed by atoms with E-state index in [0.29, 0.717) is 10.2 Å². The van der Waals surface area contributed by atoms with Crippen molar-refractivity contribution < 1.29 is 9.53 Å². The van der Waals surface area contributed by atoms with Crippen LogP contribution in [-0.4, -0.2) is 13.0 Å². The lowest BCUT2D eigenvalue weighted by molar-refractivity contribution is 0.1000. The van der Waals surface area contributed by atoms with Gasteiger partial charge in [-0.15, -0.1) is 0 Å². The molecule has 1 aromatic carbocycles. The lowest BCUT2D eigenvalue weighted by Crippen LogP contribution is -2.14. The molecule has 0 unspecified atom stereocenters. The average Bonchev–Trinajstić information content (AvgIpc) is 2.04. The number of nitrogens with two attached hydrogens (primary N) is 2. The van der Waals surface area contributed by atoms with Crippen LogP contribution in [0.25, 0.3) is 0 Å². The van der Waals surface area contributed by atoms with Crippen LogP contribution in [0.1, 0.15) is 10.4 Å². The summed E-state index contributed by atoms with van der Waals surface area (Å²) in [6, 6.07) is 3.32. The number of hydrogen-bond acceptors (Lipinski definition) is 3. The summed E-state index contributed by atoms with van der Waals surface area (Å²) in [5.41, 5.74) is 11.3. The molecule has 1 aromatic rings. The second-order valence-electron chi connectivity index (χ2n) is 2.40. The van der Waals surface area contributed by atoms with Crippen LogP contribution in [0.3, 0.4) is 0 Å². The molecule has 0 saturated carbocycles. The Balaban J connectivity index is 3.38. The van der Waals surface area contributed by atoms with Crippen molar-refractivity contribution in [3.8, 4) is 5.75 Å². The largest absolute Gasteiger partial charge is 0.495 e. The van der Waals surface area contributed by atoms with E-state index in [0.717, 1.165) is 0 Å². The lowest BCUT2D eigenvalue weighted by Gasteiger charge is -2.08. The molecule has 13 heavy (non-hydrogen) atoms. The topological polar surface area (TPSA) is 78.3 Å². The number of anilines is 1. The molecule has 0 aromatic heterocycles. The highest BCUT2D eigenvalue weighted by atomic mass is 79.9. The van der Waals surface area contributed by atoms with Crippen molar-refractivity contribution in [2.24, 2.45) is 5.73 Å². The van der Waals surface area contributed by atoms with Crippen LogP contribution in [0.5, 0.6) is 5.75 Å². The second-order valence-corrected chi connectivity index (χ2v) is 3.26. The summed E-state index contributed by atoms with van der Waals surface area (Å²) < 4.78 is 5.51. The van der Waals surface area contributed by atoms with Crippen molar-refractivity contribution in [3.05, 3.63) is 22.2 Å². The molecule has 4 N–H and O–H groups in total. The normalized spacial score (nSPS) is 9.69. The van der Waals surface area contributed by atoms with Gasteiger partial charge in [0.15, 0.2) is 0 Å². The Labute approximate surface area is 84.0 Å². The van der Waals surface area contributed by atoms with Gasteiger partial charge in [-0.3, -0.25) is 4.79 Å². The van der Waals surface area contributed by atoms with Crippen LogP contribution < -0.4 is 16.2 Å². The Bertz CT molecular complexity index is 352. The number of primary amides is 1. The van der Waals surface area contributed by atoms with Crippen LogP contribution in [-0.2, 0) is 0 Å². The monoisotopic (exact) mass is 244 g/mol. The minimum atomic E-state index is -0.580. The van der Waals surface area contributed by atoms with E-state index in [-0.39, 0.29) is 11.3 Å². The van der Waals surface area contributed by atoms with Gasteiger partial charge in [0.25, 0.3) is 5.91 Å². The van der Waals surface area contributed by atoms with Gasteiger partial charge in [0, 0.05) is 4.47 Å². The first kappa shape index (κ1) is 9.85. The number of carbonyl (C=O) groups excluding carboxylic acids is 1. The summed E-state index contributed by atoms with van der Waals surface area (Å²) in [7, 11) is 1.48. The molecule has 1 rings (SSSR count). The summed E-state index contributed by atoms with van der Waals surface area (Å²) in [6.45, 7) is 0. The van der Waals surface area contributed by atoms with Crippen molar-refractivity contribution >= 4 is 27.5 Å². The minimum Gasteiger partial charge on any atom is -0.495 e. The van der Waals surface area contributed by atoms with E-state index < -0.39 is 5.91 Å². The Morgan fingerprint density at radius 2 is 2.15 bits per heavy atom. The summed E-state index contributed by atoms with van der Waals surface area (Å²) in [5.74, 6) is -0.139. The summed E-state index contributed by atoms with van der Waals surface area (Å²) in [6.07, 6.45) is 0. The zero-order chi connectivity index (χ0) is 10.0. The third-order valence-electron chi connectivity index (χ3n) is 1.62. The zero-order valence-electron chi connectivity index (χ0n) is 7.00. The number of carbonyl (C=O) groups is 1. The predicted molar refractivity (Wildman–Crippen MR) is 53.6 cm³/mol. The molecule has 0 fully saturated rings. The van der Waals surface area contributed by atoms with Crippen molar-refractivity contribution in [1.29, 1.82) is 0 Å². The van der Waals surface area contributed by atoms with E-state index >= 15 is 0 Å². The first-order valence-electron chi connectivity index (χ1n) is 3.49. The van der Waals surface area contributed by atoms with Gasteiger partial charge in [-0.25, -0.2) is 0 Å². The molecule has 0 atom stereocenters. The van der Waals surface area contributed by atoms with Crippen molar-refractivity contribution in [2.75, 3.05) is 12.8 Å². The number of benzene rings is 1. The van der Waals surface area contributed by atoms with Gasteiger partial charge in [-0.1, -0.05) is 0 Å². The molecule has 0 spiro atoms. The minimum absolute atomic E-state index is 0.249. The molecule has 0 aliphatic carbocycles. The van der Waals surface area contributed by atoms with Crippen LogP contribution in [0.2, 0.25) is 0 Å². The molecule has 0 aliphatic rings. The van der Waals surface area contributed by atoms with Gasteiger partial charge in [-0.2, -0.15) is 0 Å². The molecule has 1 amide bonds. The quantitative estimate of drug-likeness (QED) is 0.767. The van der Waals surface area contributed by atoms with Gasteiger partial charge in [0.2, 0.25) is 0 Å². The van der Waals surface area contributed by atoms with Crippen molar-refractivity contribution in [3.63, 3.8) is 0 Å². The molecule has 0 aliphatic heterocycles. The van der Waals surface area contributed by atoms with Crippen molar-refractivity contribution in [2.45, 2.75) is 0 Å². The van der Waals surface area contributed by atoms with Gasteiger partial charge in [0.05, 0.1) is 18.4 Å². The Kier molecular flexibility index (Phi) is 2.77. The van der Waals surface area contributed by atoms with E-state index in [9.17, 15) is 4.79 Å². The van der Waals surface area contributed by atoms with Gasteiger partial charge in [-0.05, 0) is 28.1 Å². The van der Waals surface area contributed by atoms with Gasteiger partial charge >= 0.3 is 0 Å². The molecular weight excluding hydrogens is 236 g/mol. The average molecular weight is 245 g/mol. The standard InChI is InChI=1S/C8H9BrN2O2/c1-13-5-3-2-4(9)6(7(5)10)8(11)12/h2-3H,10H2,1H3,(H2,11,12). The number of halogens is 1. The molecule has 0 heterocycles. The highest BCUT2D eigenvalue weighted by Crippen LogP contribution is 2.30. The Hall–Kier alpha value is -1.23. The third-order valence-corrected chi connectivity index (χ3v) is 2.28. The number of ether oxygens (including phenoxy) is 1. The summed E-state index contributed by atoms with van der Waals surface area (Å²) in [4.78, 5) is 11.0. The number of methoxy groups -OCH3 is 1. The lowest BCUT2D eigenvalue weighted by atomic mass is 10.1. The Morgan fingerprint density at radius 1 is 1.54 bits per heavy atom. The van der Waals surface area contributed by atoms with E-state index in [4.69, 9.17) is 16.2 Å². The maximum absolute atomic E-state index is 11.0. The summed E-state index contributed by atoms with van der Waals surface area (Å²) >= 11 is 3.17. The first-order valence-corrected chi connectivity index (χ1v) is 4.29. The first-order chi connectivity index (χ1) is 6.07. The van der Waals surface area contributed by atoms with Gasteiger partial charge in [0.1, 0.15) is 5.75 Å². The van der Waals surface area contributed by atoms with E-state index in [1.54, 1.807) is 12.1 Å². The number of amides is 1. The molecule has 0 bridgehead atoms. The molecule has 5 heteroatoms. The number of rotatable bonds is 2. The second kappa shape index (κ2) is 3.66. The SMILES string of the molecule is COc1ccc(Br)c(C(N)=O)c1N. The molecule has 0 radical (unpaired) electrons. The zero-order valence-corrected chi connectivity index (χ0v) is 8.59. The molecule has 0 saturated heterocycles. The fourth-order valence-corrected chi connectivity index (χ4v) is 1.54. The summed E-state index contributed by atoms with van der Waals surface area (Å²) in [5, 5.41) is 0. The van der Waals surface area contributed by atoms with Crippen molar-refractivity contribution in [1.82, 2.24) is 0 Å². The molecular formula is C8H9BrN2O2. The highest BCUT2D eigenvalue weighted by molar-refractivity contribution is 9.10. The van der Waals surface area contributed by atoms with Crippen LogP contribution >= 0.6 is 15.9 Å². The smallest absolute Gasteiger partial charge is 0.252 e. The fraction of sp³-hybridized carbons (Fsp3) is 0.125. The number of hydrogen-bond donors (Lipinski definition) is 2. The van der Waals surface area contributed by atoms with Gasteiger partial charge < -0.3 is 16.2 Å². The maximum Gasteiger partial charge on any atom is 0.252 e. The number of nitrogen functional groups attached to an aromatic ring is 1. The fourth-order valence-electron chi connectivity index (χ4n) is 1.00. The van der Waals surface area contributed by atoms with Crippen LogP contribution in [0.15, 0.2) is 16.6 Å². The predicted octanol–water partition coefficient (Wildman–Crippen LogP) is 1.14. The Morgan fingerprint density at radius 3 is 2.62 bits per heavy atom. The molecule has 4 nitrogen and oxygen atoms in total. The highest BCUT2D eigenvalue weighted by Gasteiger charge is 2.13. The maximum atomic E-state index is 11.0. The third kappa shape index (κ3) is 1.75. The van der Waals surface area contributed by atoms with Crippen LogP contribution in [0.4, 0.5) is 5.69 Å². The van der Waals surface area contributed by atoms with E-state index in [2.05, 4.69) is 15.9 Å². The molecule has 70 valence electrons. The van der Waals surface area contributed by atoms with Crippen LogP contribution in [0, 0.1) is 0 Å². The van der Waals surface area contributed by atoms with E-state index in [1.807, 2.05) is 0 Å². The van der Waals surface area contributed by atoms with E-state index in [1.165, 1.54) is 7.11 Å².